The minimum absolute atomic E-state index is 0.125. The van der Waals surface area contributed by atoms with Gasteiger partial charge in [0.1, 0.15) is 0 Å². The lowest BCUT2D eigenvalue weighted by Gasteiger charge is -1.95. The van der Waals surface area contributed by atoms with E-state index < -0.39 is 0 Å². The Balaban J connectivity index is -0.0000000559. The summed E-state index contributed by atoms with van der Waals surface area (Å²) in [7, 11) is 1.76. The number of hydrogen-bond acceptors (Lipinski definition) is 3. The molecule has 0 aliphatic heterocycles. The first-order valence-electron chi connectivity index (χ1n) is 7.49. The SMILES string of the molecule is C=CC.C=CC.C=CC.CCCCCCOC.OCCO. The normalized spacial score (nSPS) is 7.00. The van der Waals surface area contributed by atoms with Crippen LogP contribution in [-0.4, -0.2) is 37.1 Å². The molecule has 0 aliphatic rings. The highest BCUT2D eigenvalue weighted by Gasteiger charge is 1.83. The van der Waals surface area contributed by atoms with Gasteiger partial charge in [0.15, 0.2) is 0 Å². The highest BCUT2D eigenvalue weighted by Crippen LogP contribution is 1.97. The molecule has 0 radical (unpaired) electrons. The summed E-state index contributed by atoms with van der Waals surface area (Å²) in [4.78, 5) is 0. The van der Waals surface area contributed by atoms with E-state index in [4.69, 9.17) is 14.9 Å². The van der Waals surface area contributed by atoms with E-state index in [0.717, 1.165) is 6.61 Å². The molecule has 0 spiro atoms. The summed E-state index contributed by atoms with van der Waals surface area (Å²) in [6, 6.07) is 0. The quantitative estimate of drug-likeness (QED) is 0.549. The summed E-state index contributed by atoms with van der Waals surface area (Å²) in [5, 5.41) is 15.2. The Labute approximate surface area is 134 Å². The predicted octanol–water partition coefficient (Wildman–Crippen LogP) is 4.76. The molecule has 2 N–H and O–H groups in total. The Hall–Kier alpha value is -0.900. The smallest absolute Gasteiger partial charge is 0.0662 e. The van der Waals surface area contributed by atoms with Crippen LogP contribution in [0, 0.1) is 0 Å². The fourth-order valence-electron chi connectivity index (χ4n) is 0.673. The van der Waals surface area contributed by atoms with Crippen molar-refractivity contribution in [2.45, 2.75) is 53.4 Å². The van der Waals surface area contributed by atoms with Gasteiger partial charge in [-0.2, -0.15) is 0 Å². The van der Waals surface area contributed by atoms with E-state index in [0.29, 0.717) is 0 Å². The minimum atomic E-state index is -0.125. The number of aliphatic hydroxyl groups excluding tert-OH is 2. The second kappa shape index (κ2) is 61.3. The molecule has 0 saturated heterocycles. The van der Waals surface area contributed by atoms with Crippen molar-refractivity contribution >= 4 is 0 Å². The second-order valence-electron chi connectivity index (χ2n) is 3.73. The Kier molecular flexibility index (Phi) is 93.9. The molecule has 0 unspecified atom stereocenters. The number of unbranched alkanes of at least 4 members (excludes halogenated alkanes) is 3. The van der Waals surface area contributed by atoms with E-state index in [9.17, 15) is 0 Å². The average molecular weight is 305 g/mol. The van der Waals surface area contributed by atoms with Crippen molar-refractivity contribution in [2.75, 3.05) is 26.9 Å². The summed E-state index contributed by atoms with van der Waals surface area (Å²) < 4.78 is 4.89. The molecular formula is C18H40O3. The zero-order valence-electron chi connectivity index (χ0n) is 15.1. The molecule has 0 atom stereocenters. The molecule has 0 rings (SSSR count). The van der Waals surface area contributed by atoms with Gasteiger partial charge >= 0.3 is 0 Å². The van der Waals surface area contributed by atoms with Gasteiger partial charge in [0.2, 0.25) is 0 Å². The van der Waals surface area contributed by atoms with Crippen LogP contribution in [-0.2, 0) is 4.74 Å². The third kappa shape index (κ3) is 215. The summed E-state index contributed by atoms with van der Waals surface area (Å²) in [5.74, 6) is 0. The van der Waals surface area contributed by atoms with E-state index in [1.165, 1.54) is 25.7 Å². The maximum atomic E-state index is 7.62. The van der Waals surface area contributed by atoms with Gasteiger partial charge in [0.05, 0.1) is 13.2 Å². The van der Waals surface area contributed by atoms with Crippen molar-refractivity contribution < 1.29 is 14.9 Å². The molecule has 0 saturated carbocycles. The van der Waals surface area contributed by atoms with Gasteiger partial charge in [-0.1, -0.05) is 44.4 Å². The zero-order chi connectivity index (χ0) is 17.8. The standard InChI is InChI=1S/C7H16O.3C3H6.C2H6O2/c1-3-4-5-6-7-8-2;3*1-3-2;3-1-2-4/h3-7H2,1-2H3;3*3H,1H2,2H3;3-4H,1-2H2. The highest BCUT2D eigenvalue weighted by molar-refractivity contribution is 4.52. The van der Waals surface area contributed by atoms with E-state index in [-0.39, 0.29) is 13.2 Å². The van der Waals surface area contributed by atoms with E-state index >= 15 is 0 Å². The van der Waals surface area contributed by atoms with Crippen LogP contribution < -0.4 is 0 Å². The van der Waals surface area contributed by atoms with Gasteiger partial charge in [0.25, 0.3) is 0 Å². The molecule has 21 heavy (non-hydrogen) atoms. The number of allylic oxidation sites excluding steroid dienone is 3. The van der Waals surface area contributed by atoms with Crippen molar-refractivity contribution in [2.24, 2.45) is 0 Å². The molecule has 0 aromatic carbocycles. The van der Waals surface area contributed by atoms with Crippen LogP contribution in [0.4, 0.5) is 0 Å². The summed E-state index contributed by atoms with van der Waals surface area (Å²) in [5.41, 5.74) is 0. The molecule has 0 aromatic heterocycles. The van der Waals surface area contributed by atoms with Gasteiger partial charge < -0.3 is 14.9 Å². The molecule has 3 nitrogen and oxygen atoms in total. The number of rotatable bonds is 6. The van der Waals surface area contributed by atoms with E-state index in [2.05, 4.69) is 26.7 Å². The monoisotopic (exact) mass is 304 g/mol. The van der Waals surface area contributed by atoms with Crippen LogP contribution in [0.3, 0.4) is 0 Å². The van der Waals surface area contributed by atoms with Crippen LogP contribution in [0.25, 0.3) is 0 Å². The third-order valence-electron chi connectivity index (χ3n) is 1.30. The van der Waals surface area contributed by atoms with Crippen LogP contribution >= 0.6 is 0 Å². The molecule has 0 aliphatic carbocycles. The molecular weight excluding hydrogens is 264 g/mol. The van der Waals surface area contributed by atoms with Crippen molar-refractivity contribution in [1.29, 1.82) is 0 Å². The molecule has 0 amide bonds. The highest BCUT2D eigenvalue weighted by atomic mass is 16.5. The summed E-state index contributed by atoms with van der Waals surface area (Å²) in [6.07, 6.45) is 10.5. The van der Waals surface area contributed by atoms with E-state index in [1.54, 1.807) is 25.3 Å². The van der Waals surface area contributed by atoms with E-state index in [1.807, 2.05) is 20.8 Å². The molecule has 3 heteroatoms. The Morgan fingerprint density at radius 1 is 0.810 bits per heavy atom. The maximum absolute atomic E-state index is 7.62. The van der Waals surface area contributed by atoms with Gasteiger partial charge in [-0.15, -0.1) is 19.7 Å². The number of hydrogen-bond donors (Lipinski definition) is 2. The first-order chi connectivity index (χ1) is 10.1. The first-order valence-corrected chi connectivity index (χ1v) is 7.49. The van der Waals surface area contributed by atoms with Crippen molar-refractivity contribution in [3.63, 3.8) is 0 Å². The third-order valence-corrected chi connectivity index (χ3v) is 1.30. The van der Waals surface area contributed by atoms with Crippen LogP contribution in [0.15, 0.2) is 38.0 Å². The fourth-order valence-corrected chi connectivity index (χ4v) is 0.673. The minimum Gasteiger partial charge on any atom is -0.394 e. The van der Waals surface area contributed by atoms with Crippen molar-refractivity contribution in [3.8, 4) is 0 Å². The van der Waals surface area contributed by atoms with Crippen molar-refractivity contribution in [1.82, 2.24) is 0 Å². The average Bonchev–Trinajstić information content (AvgIpc) is 2.47. The molecule has 0 bridgehead atoms. The topological polar surface area (TPSA) is 49.7 Å². The maximum Gasteiger partial charge on any atom is 0.0662 e. The van der Waals surface area contributed by atoms with Crippen LogP contribution in [0.5, 0.6) is 0 Å². The number of methoxy groups -OCH3 is 1. The summed E-state index contributed by atoms with van der Waals surface area (Å²) >= 11 is 0. The van der Waals surface area contributed by atoms with Crippen LogP contribution in [0.2, 0.25) is 0 Å². The van der Waals surface area contributed by atoms with Gasteiger partial charge in [0, 0.05) is 13.7 Å². The van der Waals surface area contributed by atoms with Crippen molar-refractivity contribution in [3.05, 3.63) is 38.0 Å². The largest absolute Gasteiger partial charge is 0.394 e. The fraction of sp³-hybridized carbons (Fsp3) is 0.667. The molecule has 0 aromatic rings. The van der Waals surface area contributed by atoms with Gasteiger partial charge in [-0.3, -0.25) is 0 Å². The first kappa shape index (κ1) is 32.2. The molecule has 0 fully saturated rings. The Morgan fingerprint density at radius 3 is 1.33 bits per heavy atom. The lowest BCUT2D eigenvalue weighted by Crippen LogP contribution is -1.86. The lowest BCUT2D eigenvalue weighted by molar-refractivity contribution is 0.186. The Morgan fingerprint density at radius 2 is 1.14 bits per heavy atom. The number of aliphatic hydroxyl groups is 2. The van der Waals surface area contributed by atoms with Gasteiger partial charge in [-0.25, -0.2) is 0 Å². The number of ether oxygens (including phenoxy) is 1. The summed E-state index contributed by atoms with van der Waals surface area (Å²) in [6.45, 7) is 18.6. The van der Waals surface area contributed by atoms with Crippen LogP contribution in [0.1, 0.15) is 53.4 Å². The Bertz CT molecular complexity index is 123. The lowest BCUT2D eigenvalue weighted by atomic mass is 10.2. The second-order valence-corrected chi connectivity index (χ2v) is 3.73. The molecule has 0 heterocycles. The molecule has 130 valence electrons. The van der Waals surface area contributed by atoms with Gasteiger partial charge in [-0.05, 0) is 27.2 Å². The zero-order valence-corrected chi connectivity index (χ0v) is 15.1. The predicted molar refractivity (Wildman–Crippen MR) is 97.8 cm³/mol.